The number of hydrogen-bond donors (Lipinski definition) is 0. The summed E-state index contributed by atoms with van der Waals surface area (Å²) < 4.78 is 0. The molecule has 0 amide bonds. The Bertz CT molecular complexity index is 4130. The van der Waals surface area contributed by atoms with Crippen LogP contribution in [0.2, 0.25) is 0 Å². The topological polar surface area (TPSA) is 0 Å². The largest absolute Gasteiger partial charge is 0.0990 e. The van der Waals surface area contributed by atoms with E-state index in [0.29, 0.717) is 0 Å². The van der Waals surface area contributed by atoms with Gasteiger partial charge in [-0.1, -0.05) is 232 Å². The van der Waals surface area contributed by atoms with E-state index in [4.69, 9.17) is 0 Å². The summed E-state index contributed by atoms with van der Waals surface area (Å²) in [4.78, 5) is 0. The molecule has 0 unspecified atom stereocenters. The van der Waals surface area contributed by atoms with Crippen molar-refractivity contribution >= 4 is 70.2 Å². The number of rotatable bonds is 9. The molecule has 316 valence electrons. The molecule has 0 aliphatic carbocycles. The van der Waals surface area contributed by atoms with Crippen molar-refractivity contribution in [1.82, 2.24) is 0 Å². The molecule has 13 rings (SSSR count). The summed E-state index contributed by atoms with van der Waals surface area (Å²) >= 11 is 0. The average Bonchev–Trinajstić information content (AvgIpc) is 3.41. The highest BCUT2D eigenvalue weighted by molar-refractivity contribution is 6.35. The van der Waals surface area contributed by atoms with Crippen LogP contribution < -0.4 is 0 Å². The summed E-state index contributed by atoms with van der Waals surface area (Å²) in [5, 5.41) is 15.0. The van der Waals surface area contributed by atoms with E-state index >= 15 is 0 Å². The van der Waals surface area contributed by atoms with E-state index in [1.807, 2.05) is 12.2 Å². The number of hydrogen-bond acceptors (Lipinski definition) is 0. The standard InChI is InChI=1S/C68H44/c1-3-20-43(4-2)57-39-59(51-31-16-14-29-49(51)44-21-8-5-9-22-44)63-41-61(53-33-18-27-47-35-37-55(57)67(63)65(47)53)62-42-64-60(52-32-17-15-30-50(52)45-23-10-6-11-24-45)40-58(46-25-12-7-13-26-46)56-38-36-48-28-19-34-54(62)66(48)68(56)64/h3-42H,1-2H2/b43-20+. The Morgan fingerprint density at radius 2 is 0.691 bits per heavy atom. The monoisotopic (exact) mass is 860 g/mol. The van der Waals surface area contributed by atoms with Crippen LogP contribution in [0.15, 0.2) is 256 Å². The van der Waals surface area contributed by atoms with Crippen LogP contribution in [-0.2, 0) is 0 Å². The van der Waals surface area contributed by atoms with Gasteiger partial charge in [-0.05, 0) is 167 Å². The summed E-state index contributed by atoms with van der Waals surface area (Å²) in [6.45, 7) is 8.43. The average molecular weight is 861 g/mol. The van der Waals surface area contributed by atoms with E-state index < -0.39 is 0 Å². The zero-order valence-corrected chi connectivity index (χ0v) is 37.5. The van der Waals surface area contributed by atoms with Crippen molar-refractivity contribution in [1.29, 1.82) is 0 Å². The summed E-state index contributed by atoms with van der Waals surface area (Å²) in [6.07, 6.45) is 5.92. The van der Waals surface area contributed by atoms with Gasteiger partial charge in [0.2, 0.25) is 0 Å². The lowest BCUT2D eigenvalue weighted by Crippen LogP contribution is -1.97. The lowest BCUT2D eigenvalue weighted by Gasteiger charge is -2.24. The number of allylic oxidation sites excluding steroid dienone is 4. The smallest absolute Gasteiger partial charge is 0.00139 e. The van der Waals surface area contributed by atoms with Crippen LogP contribution in [-0.4, -0.2) is 0 Å². The second kappa shape index (κ2) is 15.9. The molecule has 13 aromatic rings. The first-order valence-corrected chi connectivity index (χ1v) is 23.5. The lowest BCUT2D eigenvalue weighted by atomic mass is 9.79. The van der Waals surface area contributed by atoms with Crippen LogP contribution in [0.25, 0.3) is 137 Å². The van der Waals surface area contributed by atoms with Crippen molar-refractivity contribution in [3.05, 3.63) is 261 Å². The molecule has 0 radical (unpaired) electrons. The zero-order chi connectivity index (χ0) is 45.3. The molecule has 0 bridgehead atoms. The first-order valence-electron chi connectivity index (χ1n) is 23.5. The van der Waals surface area contributed by atoms with Crippen LogP contribution >= 0.6 is 0 Å². The van der Waals surface area contributed by atoms with E-state index in [1.165, 1.54) is 131 Å². The maximum Gasteiger partial charge on any atom is -0.00139 e. The molecule has 0 spiro atoms. The maximum atomic E-state index is 4.31. The van der Waals surface area contributed by atoms with Crippen LogP contribution in [0.1, 0.15) is 5.56 Å². The van der Waals surface area contributed by atoms with E-state index in [0.717, 1.165) is 11.1 Å². The van der Waals surface area contributed by atoms with Gasteiger partial charge in [-0.3, -0.25) is 0 Å². The van der Waals surface area contributed by atoms with Crippen molar-refractivity contribution in [3.8, 4) is 66.8 Å². The third-order valence-corrected chi connectivity index (χ3v) is 14.3. The van der Waals surface area contributed by atoms with Gasteiger partial charge >= 0.3 is 0 Å². The predicted molar refractivity (Wildman–Crippen MR) is 295 cm³/mol. The van der Waals surface area contributed by atoms with E-state index in [-0.39, 0.29) is 0 Å². The van der Waals surface area contributed by atoms with Gasteiger partial charge in [0.1, 0.15) is 0 Å². The van der Waals surface area contributed by atoms with Crippen molar-refractivity contribution in [2.24, 2.45) is 0 Å². The fourth-order valence-corrected chi connectivity index (χ4v) is 11.4. The molecule has 0 saturated carbocycles. The normalized spacial score (nSPS) is 12.0. The minimum atomic E-state index is 1.04. The zero-order valence-electron chi connectivity index (χ0n) is 37.5. The molecular weight excluding hydrogens is 817 g/mol. The molecule has 0 atom stereocenters. The SMILES string of the molecule is C=C/C=C(\C=C)c1cc(-c2ccccc2-c2ccccc2)c2cc(-c3cc4c(-c5ccccc5-c5ccccc5)cc(-c5ccccc5)c5ccc6cccc3c6c54)c3cccc4ccc1c2c43. The van der Waals surface area contributed by atoms with E-state index in [9.17, 15) is 0 Å². The Kier molecular flexibility index (Phi) is 9.27. The highest BCUT2D eigenvalue weighted by Crippen LogP contribution is 2.52. The molecule has 68 heavy (non-hydrogen) atoms. The van der Waals surface area contributed by atoms with E-state index in [1.54, 1.807) is 0 Å². The second-order valence-electron chi connectivity index (χ2n) is 17.9. The Morgan fingerprint density at radius 3 is 1.19 bits per heavy atom. The van der Waals surface area contributed by atoms with Crippen LogP contribution in [0, 0.1) is 0 Å². The summed E-state index contributed by atoms with van der Waals surface area (Å²) in [6, 6.07) is 83.3. The second-order valence-corrected chi connectivity index (χ2v) is 17.9. The molecule has 0 aliphatic heterocycles. The molecule has 13 aromatic carbocycles. The molecule has 0 heteroatoms. The van der Waals surface area contributed by atoms with Gasteiger partial charge in [-0.2, -0.15) is 0 Å². The van der Waals surface area contributed by atoms with Gasteiger partial charge in [0.25, 0.3) is 0 Å². The lowest BCUT2D eigenvalue weighted by molar-refractivity contribution is 1.59. The highest BCUT2D eigenvalue weighted by Gasteiger charge is 2.25. The Balaban J connectivity index is 1.21. The van der Waals surface area contributed by atoms with Crippen molar-refractivity contribution in [2.75, 3.05) is 0 Å². The van der Waals surface area contributed by atoms with Crippen LogP contribution in [0.4, 0.5) is 0 Å². The quantitative estimate of drug-likeness (QED) is 0.100. The molecule has 0 aromatic heterocycles. The molecule has 0 nitrogen and oxygen atoms in total. The van der Waals surface area contributed by atoms with Gasteiger partial charge in [0.15, 0.2) is 0 Å². The van der Waals surface area contributed by atoms with Crippen molar-refractivity contribution < 1.29 is 0 Å². The van der Waals surface area contributed by atoms with Gasteiger partial charge in [0.05, 0.1) is 0 Å². The summed E-state index contributed by atoms with van der Waals surface area (Å²) in [5.74, 6) is 0. The van der Waals surface area contributed by atoms with Gasteiger partial charge < -0.3 is 0 Å². The fourth-order valence-electron chi connectivity index (χ4n) is 11.4. The van der Waals surface area contributed by atoms with Crippen molar-refractivity contribution in [2.45, 2.75) is 0 Å². The molecule has 0 fully saturated rings. The summed E-state index contributed by atoms with van der Waals surface area (Å²) in [5.41, 5.74) is 16.7. The highest BCUT2D eigenvalue weighted by atomic mass is 14.3. The van der Waals surface area contributed by atoms with Gasteiger partial charge in [0, 0.05) is 0 Å². The first-order chi connectivity index (χ1) is 33.7. The molecule has 0 aliphatic rings. The van der Waals surface area contributed by atoms with Gasteiger partial charge in [-0.15, -0.1) is 0 Å². The molecule has 0 N–H and O–H groups in total. The third-order valence-electron chi connectivity index (χ3n) is 14.3. The Morgan fingerprint density at radius 1 is 0.279 bits per heavy atom. The third kappa shape index (κ3) is 6.08. The van der Waals surface area contributed by atoms with Gasteiger partial charge in [-0.25, -0.2) is 0 Å². The molecule has 0 heterocycles. The van der Waals surface area contributed by atoms with E-state index in [2.05, 4.69) is 244 Å². The Labute approximate surface area is 396 Å². The minimum absolute atomic E-state index is 1.04. The van der Waals surface area contributed by atoms with Crippen LogP contribution in [0.3, 0.4) is 0 Å². The Hall–Kier alpha value is -8.84. The number of benzene rings is 13. The maximum absolute atomic E-state index is 4.31. The minimum Gasteiger partial charge on any atom is -0.0990 e. The van der Waals surface area contributed by atoms with Crippen LogP contribution in [0.5, 0.6) is 0 Å². The van der Waals surface area contributed by atoms with Crippen molar-refractivity contribution in [3.63, 3.8) is 0 Å². The first kappa shape index (κ1) is 39.5. The molecule has 0 saturated heterocycles. The fraction of sp³-hybridized carbons (Fsp3) is 0. The summed E-state index contributed by atoms with van der Waals surface area (Å²) in [7, 11) is 0. The molecular formula is C68H44. The predicted octanol–water partition coefficient (Wildman–Crippen LogP) is 19.2.